The topological polar surface area (TPSA) is 55.6 Å². The molecule has 0 bridgehead atoms. The molecule has 4 heteroatoms. The van der Waals surface area contributed by atoms with Gasteiger partial charge in [0.05, 0.1) is 0 Å². The summed E-state index contributed by atoms with van der Waals surface area (Å²) in [7, 11) is 0. The van der Waals surface area contributed by atoms with Gasteiger partial charge < -0.3 is 15.4 Å². The van der Waals surface area contributed by atoms with Crippen LogP contribution in [0.15, 0.2) is 24.3 Å². The number of hydrogen-bond donors (Lipinski definition) is 1. The standard InChI is InChI=1S/C17H28N2O2/c1-13(2)10-19(11-14(3)4)17(20)12-21-16-8-6-5-7-15(16)9-18/h5-8,13-14H,9-12,18H2,1-4H3. The number of ether oxygens (including phenoxy) is 1. The summed E-state index contributed by atoms with van der Waals surface area (Å²) in [6, 6.07) is 7.57. The molecule has 118 valence electrons. The summed E-state index contributed by atoms with van der Waals surface area (Å²) in [5.74, 6) is 1.62. The molecule has 0 radical (unpaired) electrons. The molecule has 0 unspecified atom stereocenters. The van der Waals surface area contributed by atoms with Gasteiger partial charge in [0.1, 0.15) is 5.75 Å². The van der Waals surface area contributed by atoms with E-state index in [0.29, 0.717) is 24.1 Å². The molecule has 0 aromatic heterocycles. The molecule has 1 amide bonds. The molecule has 2 N–H and O–H groups in total. The highest BCUT2D eigenvalue weighted by molar-refractivity contribution is 5.77. The Morgan fingerprint density at radius 3 is 2.24 bits per heavy atom. The third kappa shape index (κ3) is 6.17. The van der Waals surface area contributed by atoms with E-state index in [0.717, 1.165) is 18.7 Å². The first-order valence-electron chi connectivity index (χ1n) is 7.62. The van der Waals surface area contributed by atoms with Crippen LogP contribution in [-0.2, 0) is 11.3 Å². The number of nitrogens with two attached hydrogens (primary N) is 1. The lowest BCUT2D eigenvalue weighted by atomic mass is 10.1. The largest absolute Gasteiger partial charge is 0.483 e. The van der Waals surface area contributed by atoms with Gasteiger partial charge in [-0.15, -0.1) is 0 Å². The van der Waals surface area contributed by atoms with Crippen LogP contribution in [0.25, 0.3) is 0 Å². The average Bonchev–Trinajstić information content (AvgIpc) is 2.43. The van der Waals surface area contributed by atoms with Crippen LogP contribution in [0.4, 0.5) is 0 Å². The van der Waals surface area contributed by atoms with Crippen molar-refractivity contribution in [2.45, 2.75) is 34.2 Å². The second-order valence-electron chi connectivity index (χ2n) is 6.19. The van der Waals surface area contributed by atoms with E-state index in [1.54, 1.807) is 0 Å². The summed E-state index contributed by atoms with van der Waals surface area (Å²) < 4.78 is 5.66. The Hall–Kier alpha value is -1.55. The Labute approximate surface area is 128 Å². The van der Waals surface area contributed by atoms with E-state index in [2.05, 4.69) is 27.7 Å². The molecule has 0 fully saturated rings. The first-order valence-corrected chi connectivity index (χ1v) is 7.62. The predicted octanol–water partition coefficient (Wildman–Crippen LogP) is 2.66. The Balaban J connectivity index is 2.64. The molecular formula is C17H28N2O2. The van der Waals surface area contributed by atoms with Crippen molar-refractivity contribution >= 4 is 5.91 Å². The summed E-state index contributed by atoms with van der Waals surface area (Å²) in [5.41, 5.74) is 6.59. The van der Waals surface area contributed by atoms with Crippen LogP contribution in [0, 0.1) is 11.8 Å². The molecule has 0 spiro atoms. The van der Waals surface area contributed by atoms with Gasteiger partial charge >= 0.3 is 0 Å². The van der Waals surface area contributed by atoms with E-state index in [4.69, 9.17) is 10.5 Å². The zero-order valence-electron chi connectivity index (χ0n) is 13.6. The number of nitrogens with zero attached hydrogens (tertiary/aromatic N) is 1. The van der Waals surface area contributed by atoms with Crippen LogP contribution >= 0.6 is 0 Å². The lowest BCUT2D eigenvalue weighted by Gasteiger charge is -2.26. The van der Waals surface area contributed by atoms with E-state index in [9.17, 15) is 4.79 Å². The minimum atomic E-state index is 0.0317. The minimum absolute atomic E-state index is 0.0317. The number of carbonyl (C=O) groups excluding carboxylic acids is 1. The fourth-order valence-corrected chi connectivity index (χ4v) is 2.20. The maximum Gasteiger partial charge on any atom is 0.260 e. The molecule has 1 rings (SSSR count). The molecule has 0 saturated heterocycles. The van der Waals surface area contributed by atoms with Gasteiger partial charge in [0.15, 0.2) is 6.61 Å². The summed E-state index contributed by atoms with van der Waals surface area (Å²) >= 11 is 0. The summed E-state index contributed by atoms with van der Waals surface area (Å²) in [6.07, 6.45) is 0. The van der Waals surface area contributed by atoms with Gasteiger partial charge in [0, 0.05) is 25.2 Å². The molecule has 0 aliphatic rings. The fraction of sp³-hybridized carbons (Fsp3) is 0.588. The Morgan fingerprint density at radius 2 is 1.71 bits per heavy atom. The first kappa shape index (κ1) is 17.5. The first-order chi connectivity index (χ1) is 9.93. The zero-order chi connectivity index (χ0) is 15.8. The molecule has 4 nitrogen and oxygen atoms in total. The number of hydrogen-bond acceptors (Lipinski definition) is 3. The Bertz CT molecular complexity index is 434. The normalized spacial score (nSPS) is 11.0. The molecule has 0 aliphatic carbocycles. The molecule has 21 heavy (non-hydrogen) atoms. The highest BCUT2D eigenvalue weighted by Crippen LogP contribution is 2.17. The van der Waals surface area contributed by atoms with Crippen molar-refractivity contribution in [3.05, 3.63) is 29.8 Å². The van der Waals surface area contributed by atoms with Crippen LogP contribution in [0.5, 0.6) is 5.75 Å². The van der Waals surface area contributed by atoms with Crippen molar-refractivity contribution in [3.8, 4) is 5.75 Å². The Morgan fingerprint density at radius 1 is 1.14 bits per heavy atom. The van der Waals surface area contributed by atoms with E-state index < -0.39 is 0 Å². The number of carbonyl (C=O) groups is 1. The van der Waals surface area contributed by atoms with Gasteiger partial charge in [-0.3, -0.25) is 4.79 Å². The van der Waals surface area contributed by atoms with E-state index >= 15 is 0 Å². The van der Waals surface area contributed by atoms with Crippen molar-refractivity contribution in [3.63, 3.8) is 0 Å². The number of amides is 1. The third-order valence-electron chi connectivity index (χ3n) is 3.07. The number of para-hydroxylation sites is 1. The maximum absolute atomic E-state index is 12.4. The van der Waals surface area contributed by atoms with E-state index in [1.165, 1.54) is 0 Å². The summed E-state index contributed by atoms with van der Waals surface area (Å²) in [4.78, 5) is 14.2. The molecule has 0 atom stereocenters. The average molecular weight is 292 g/mol. The van der Waals surface area contributed by atoms with Crippen molar-refractivity contribution in [2.75, 3.05) is 19.7 Å². The Kier molecular flexibility index (Phi) is 7.23. The van der Waals surface area contributed by atoms with Gasteiger partial charge in [-0.1, -0.05) is 45.9 Å². The minimum Gasteiger partial charge on any atom is -0.483 e. The van der Waals surface area contributed by atoms with Gasteiger partial charge in [0.25, 0.3) is 5.91 Å². The number of benzene rings is 1. The molecule has 1 aromatic rings. The SMILES string of the molecule is CC(C)CN(CC(C)C)C(=O)COc1ccccc1CN. The summed E-state index contributed by atoms with van der Waals surface area (Å²) in [5, 5.41) is 0. The number of rotatable bonds is 8. The highest BCUT2D eigenvalue weighted by Gasteiger charge is 2.17. The van der Waals surface area contributed by atoms with Crippen LogP contribution in [0.2, 0.25) is 0 Å². The zero-order valence-corrected chi connectivity index (χ0v) is 13.6. The van der Waals surface area contributed by atoms with Crippen LogP contribution in [-0.4, -0.2) is 30.5 Å². The second-order valence-corrected chi connectivity index (χ2v) is 6.19. The monoisotopic (exact) mass is 292 g/mol. The third-order valence-corrected chi connectivity index (χ3v) is 3.07. The lowest BCUT2D eigenvalue weighted by molar-refractivity contribution is -0.134. The molecule has 0 saturated carbocycles. The quantitative estimate of drug-likeness (QED) is 0.801. The van der Waals surface area contributed by atoms with Crippen LogP contribution < -0.4 is 10.5 Å². The smallest absolute Gasteiger partial charge is 0.260 e. The van der Waals surface area contributed by atoms with E-state index in [1.807, 2.05) is 29.2 Å². The van der Waals surface area contributed by atoms with Gasteiger partial charge in [-0.2, -0.15) is 0 Å². The van der Waals surface area contributed by atoms with Crippen LogP contribution in [0.3, 0.4) is 0 Å². The summed E-state index contributed by atoms with van der Waals surface area (Å²) in [6.45, 7) is 10.5. The highest BCUT2D eigenvalue weighted by atomic mass is 16.5. The molecule has 1 aromatic carbocycles. The maximum atomic E-state index is 12.4. The van der Waals surface area contributed by atoms with Crippen LogP contribution in [0.1, 0.15) is 33.3 Å². The lowest BCUT2D eigenvalue weighted by Crippen LogP contribution is -2.39. The molecule has 0 aliphatic heterocycles. The van der Waals surface area contributed by atoms with Crippen molar-refractivity contribution in [1.29, 1.82) is 0 Å². The van der Waals surface area contributed by atoms with Crippen molar-refractivity contribution in [1.82, 2.24) is 4.90 Å². The van der Waals surface area contributed by atoms with Gasteiger partial charge in [0.2, 0.25) is 0 Å². The second kappa shape index (κ2) is 8.67. The van der Waals surface area contributed by atoms with E-state index in [-0.39, 0.29) is 12.5 Å². The molecule has 0 heterocycles. The van der Waals surface area contributed by atoms with Crippen molar-refractivity contribution < 1.29 is 9.53 Å². The fourth-order valence-electron chi connectivity index (χ4n) is 2.20. The van der Waals surface area contributed by atoms with Gasteiger partial charge in [-0.25, -0.2) is 0 Å². The predicted molar refractivity (Wildman–Crippen MR) is 86.1 cm³/mol. The van der Waals surface area contributed by atoms with Gasteiger partial charge in [-0.05, 0) is 17.9 Å². The molecular weight excluding hydrogens is 264 g/mol. The van der Waals surface area contributed by atoms with Crippen molar-refractivity contribution in [2.24, 2.45) is 17.6 Å².